The number of likely N-dealkylation sites (N-methyl/N-ethyl adjacent to an activating group) is 1. The number of nitro benzene ring substituents is 4. The molecule has 9 aromatic carbocycles. The highest BCUT2D eigenvalue weighted by atomic mass is 79.9. The summed E-state index contributed by atoms with van der Waals surface area (Å²) in [5, 5.41) is 135. The number of fused-ring (bicyclic) bond motifs is 1. The van der Waals surface area contributed by atoms with Gasteiger partial charge in [-0.1, -0.05) is 41.4 Å². The van der Waals surface area contributed by atoms with Crippen molar-refractivity contribution in [1.82, 2.24) is 4.37 Å². The molecule has 4 N–H and O–H groups in total. The quantitative estimate of drug-likeness (QED) is 0.0173. The van der Waals surface area contributed by atoms with E-state index < -0.39 is 25.8 Å². The topological polar surface area (TPSA) is 468 Å². The van der Waals surface area contributed by atoms with Crippen LogP contribution in [0.25, 0.3) is 10.9 Å². The molecule has 10 aromatic rings. The summed E-state index contributed by atoms with van der Waals surface area (Å²) in [4.78, 5) is 61.1. The van der Waals surface area contributed by atoms with Crippen molar-refractivity contribution in [3.8, 4) is 18.2 Å². The number of halogens is 3. The van der Waals surface area contributed by atoms with Crippen molar-refractivity contribution in [3.63, 3.8) is 0 Å². The highest BCUT2D eigenvalue weighted by Crippen LogP contribution is 2.40. The van der Waals surface area contributed by atoms with E-state index in [0.29, 0.717) is 112 Å². The fraction of sp³-hybridized carbons (Fsp3) is 0.224. The molecule has 586 valence electrons. The molecule has 0 aliphatic heterocycles. The first-order chi connectivity index (χ1) is 55.0. The Labute approximate surface area is 675 Å². The van der Waals surface area contributed by atoms with E-state index in [2.05, 4.69) is 88.5 Å². The number of para-hydroxylation sites is 1. The number of rotatable bonds is 32. The third-order valence-electron chi connectivity index (χ3n) is 16.0. The maximum absolute atomic E-state index is 12.0. The molecule has 0 aliphatic rings. The molecule has 38 heteroatoms. The van der Waals surface area contributed by atoms with E-state index in [-0.39, 0.29) is 71.1 Å². The molecule has 0 fully saturated rings. The van der Waals surface area contributed by atoms with Crippen LogP contribution in [0.4, 0.5) is 101 Å². The van der Waals surface area contributed by atoms with Crippen molar-refractivity contribution in [3.05, 3.63) is 254 Å². The number of carbonyl (C=O) groups is 1. The molecule has 1 amide bonds. The van der Waals surface area contributed by atoms with E-state index in [1.54, 1.807) is 65.6 Å². The third-order valence-corrected chi connectivity index (χ3v) is 18.0. The van der Waals surface area contributed by atoms with Gasteiger partial charge in [0.15, 0.2) is 5.00 Å². The number of anilines is 5. The largest absolute Gasteiger partial charge is 0.447 e. The Morgan fingerprint density at radius 3 is 1.54 bits per heavy atom. The predicted octanol–water partition coefficient (Wildman–Crippen LogP) is 20.2. The van der Waals surface area contributed by atoms with E-state index in [1.807, 2.05) is 92.4 Å². The Hall–Kier alpha value is -13.3. The van der Waals surface area contributed by atoms with Crippen LogP contribution in [0.15, 0.2) is 233 Å². The van der Waals surface area contributed by atoms with Gasteiger partial charge in [0.25, 0.3) is 22.7 Å². The molecule has 0 saturated carbocycles. The summed E-state index contributed by atoms with van der Waals surface area (Å²) in [6.45, 7) is 10.5. The molecule has 0 aliphatic carbocycles. The zero-order valence-electron chi connectivity index (χ0n) is 61.2. The number of nitrogens with one attached hydrogen (secondary N) is 1. The van der Waals surface area contributed by atoms with Crippen molar-refractivity contribution < 1.29 is 44.5 Å². The first kappa shape index (κ1) is 88.0. The number of aryl methyl sites for hydroxylation is 1. The average Bonchev–Trinajstić information content (AvgIpc) is 1.64. The number of aliphatic hydroxyl groups is 3. The number of aromatic nitrogens is 1. The summed E-state index contributed by atoms with van der Waals surface area (Å²) in [7, 11) is 0. The molecule has 0 saturated heterocycles. The minimum atomic E-state index is -0.563. The Morgan fingerprint density at radius 1 is 0.518 bits per heavy atom. The first-order valence-corrected chi connectivity index (χ1v) is 36.8. The van der Waals surface area contributed by atoms with Gasteiger partial charge in [0.2, 0.25) is 0 Å². The van der Waals surface area contributed by atoms with Crippen molar-refractivity contribution in [1.29, 1.82) is 15.8 Å². The molecular weight excluding hydrogens is 1600 g/mol. The highest BCUT2D eigenvalue weighted by Gasteiger charge is 2.18. The van der Waals surface area contributed by atoms with Gasteiger partial charge in [-0.25, -0.2) is 4.79 Å². The Bertz CT molecular complexity index is 5180. The summed E-state index contributed by atoms with van der Waals surface area (Å²) < 4.78 is 9.85. The SMILES string of the molecule is CCN(CCC#N)c1ccc(N=Nc2ccc([N+](=O)[O-])cc2C#N)cc1.CCN(CCO)c1ccc(N=Nc2snc3ccc([N+](=O)[O-])cc23)c(C)c1.N#CCCN(CCOC(=O)Nc1ccccc1)c1ccc(N=Nc2ccc([N+](=O)[O-])cc2)cc1.O=[N+]([O-])c1cc(Cl)c(N=Nc2ccc(N(CCO)CCO)cc2Cl)c(Br)c1. The number of ether oxygens (including phenoxy) is 1. The number of amides is 1. The molecule has 0 spiro atoms. The molecule has 10 rings (SSSR count). The lowest BCUT2D eigenvalue weighted by molar-refractivity contribution is -0.385. The van der Waals surface area contributed by atoms with Crippen LogP contribution < -0.4 is 24.9 Å². The van der Waals surface area contributed by atoms with E-state index in [0.717, 1.165) is 52.9 Å². The van der Waals surface area contributed by atoms with Crippen molar-refractivity contribution >= 4 is 164 Å². The summed E-state index contributed by atoms with van der Waals surface area (Å²) in [6.07, 6.45) is 0.220. The fourth-order valence-corrected chi connectivity index (χ4v) is 12.0. The van der Waals surface area contributed by atoms with Crippen molar-refractivity contribution in [2.45, 2.75) is 33.6 Å². The lowest BCUT2D eigenvalue weighted by Crippen LogP contribution is -2.29. The van der Waals surface area contributed by atoms with Crippen LogP contribution in [-0.4, -0.2) is 124 Å². The molecule has 0 atom stereocenters. The van der Waals surface area contributed by atoms with Crippen LogP contribution in [0.3, 0.4) is 0 Å². The van der Waals surface area contributed by atoms with Gasteiger partial charge in [-0.15, -0.1) is 25.6 Å². The van der Waals surface area contributed by atoms with Crippen LogP contribution in [0.5, 0.6) is 0 Å². The number of aliphatic hydroxyl groups excluding tert-OH is 3. The molecule has 34 nitrogen and oxygen atoms in total. The zero-order chi connectivity index (χ0) is 82.5. The smallest absolute Gasteiger partial charge is 0.411 e. The van der Waals surface area contributed by atoms with E-state index >= 15 is 0 Å². The lowest BCUT2D eigenvalue weighted by Gasteiger charge is -2.23. The lowest BCUT2D eigenvalue weighted by atomic mass is 10.1. The van der Waals surface area contributed by atoms with Crippen LogP contribution in [0.2, 0.25) is 10.0 Å². The fourth-order valence-electron chi connectivity index (χ4n) is 10.3. The second kappa shape index (κ2) is 45.8. The van der Waals surface area contributed by atoms with Gasteiger partial charge in [0.05, 0.1) is 119 Å². The predicted molar refractivity (Wildman–Crippen MR) is 439 cm³/mol. The van der Waals surface area contributed by atoms with Gasteiger partial charge < -0.3 is 39.7 Å². The molecule has 114 heavy (non-hydrogen) atoms. The van der Waals surface area contributed by atoms with Crippen LogP contribution in [-0.2, 0) is 4.74 Å². The Balaban J connectivity index is 0.000000212. The number of non-ortho nitro benzene ring substituents is 4. The third kappa shape index (κ3) is 27.1. The number of hydrogen-bond donors (Lipinski definition) is 4. The van der Waals surface area contributed by atoms with Gasteiger partial charge in [0.1, 0.15) is 29.7 Å². The number of benzene rings is 9. The summed E-state index contributed by atoms with van der Waals surface area (Å²) >= 11 is 16.6. The Morgan fingerprint density at radius 2 is 0.991 bits per heavy atom. The highest BCUT2D eigenvalue weighted by molar-refractivity contribution is 9.10. The maximum atomic E-state index is 12.0. The minimum absolute atomic E-state index is 0.00299. The average molecular weight is 1670 g/mol. The number of nitro groups is 4. The number of nitriles is 3. The normalized spacial score (nSPS) is 10.8. The second-order valence-electron chi connectivity index (χ2n) is 23.5. The van der Waals surface area contributed by atoms with E-state index in [4.69, 9.17) is 59.0 Å². The Kier molecular flexibility index (Phi) is 35.3. The van der Waals surface area contributed by atoms with Crippen LogP contribution in [0, 0.1) is 81.4 Å². The number of azo groups is 4. The van der Waals surface area contributed by atoms with Gasteiger partial charge in [-0.3, -0.25) is 45.8 Å². The van der Waals surface area contributed by atoms with Gasteiger partial charge >= 0.3 is 6.09 Å². The second-order valence-corrected chi connectivity index (χ2v) is 25.9. The van der Waals surface area contributed by atoms with Crippen LogP contribution >= 0.6 is 50.7 Å². The first-order valence-electron chi connectivity index (χ1n) is 34.5. The van der Waals surface area contributed by atoms with E-state index in [9.17, 15) is 45.3 Å². The molecule has 0 bridgehead atoms. The van der Waals surface area contributed by atoms with Gasteiger partial charge in [-0.2, -0.15) is 35.5 Å². The number of hydrogen-bond acceptors (Lipinski definition) is 30. The van der Waals surface area contributed by atoms with Crippen molar-refractivity contribution in [2.75, 3.05) is 104 Å². The van der Waals surface area contributed by atoms with Crippen molar-refractivity contribution in [2.24, 2.45) is 40.9 Å². The number of nitrogens with zero attached hydrogens (tertiary/aromatic N) is 20. The summed E-state index contributed by atoms with van der Waals surface area (Å²) in [6, 6.07) is 57.2. The summed E-state index contributed by atoms with van der Waals surface area (Å²) in [5.74, 6) is 0. The minimum Gasteiger partial charge on any atom is -0.447 e. The molecular formula is C76H72BrCl2N21O13S. The molecule has 1 heterocycles. The standard InChI is InChI=1S/C24H22N6O4.C18H16N6O2.C18H19N5O3S.C16H15BrCl2N4O4/c25-15-4-16-29(17-18-34-24(31)26-19-5-2-1-3-6-19)22-11-7-20(8-12-22)27-28-21-9-13-23(14-10-21)30(32)33;1-2-23(11-3-10-19)16-6-4-15(5-7-16)21-22-18-9-8-17(24(25)26)12-14(18)13-20;1-3-22(8-9-24)13-4-6-16(12(2)10-13)19-20-18-15-11-14(23(25)26)5-7-17(15)21-27-18;17-12-7-11(23(26)27)9-14(19)16(12)21-20-15-2-1-10(8-13(15)18)22(3-5-24)4-6-25/h1-3,5-14H,4,16-18H2,(H,26,31);4-9,12H,2-3,11H2,1H3;4-7,10-11,24H,3,8-9H2,1-2H3;1-2,7-9,24-25H,3-6H2. The van der Waals surface area contributed by atoms with Gasteiger partial charge in [0, 0.05) is 128 Å². The zero-order valence-corrected chi connectivity index (χ0v) is 65.1. The number of carbonyl (C=O) groups excluding carboxylic acids is 1. The monoisotopic (exact) mass is 1670 g/mol. The molecule has 0 radical (unpaired) electrons. The molecule has 0 unspecified atom stereocenters. The maximum Gasteiger partial charge on any atom is 0.411 e. The summed E-state index contributed by atoms with van der Waals surface area (Å²) in [5.41, 5.74) is 8.85. The van der Waals surface area contributed by atoms with E-state index in [1.165, 1.54) is 66.7 Å². The van der Waals surface area contributed by atoms with Gasteiger partial charge in [-0.05, 0) is 175 Å². The molecule has 1 aromatic heterocycles. The van der Waals surface area contributed by atoms with Crippen LogP contribution in [0.1, 0.15) is 37.8 Å².